The minimum Gasteiger partial charge on any atom is -0.361 e. The number of hydrogen-bond donors (Lipinski definition) is 0. The Hall–Kier alpha value is -1.01. The fourth-order valence-corrected chi connectivity index (χ4v) is 2.16. The third kappa shape index (κ3) is 2.51. The van der Waals surface area contributed by atoms with Gasteiger partial charge in [-0.3, -0.25) is 0 Å². The predicted molar refractivity (Wildman–Crippen MR) is 51.1 cm³/mol. The van der Waals surface area contributed by atoms with Gasteiger partial charge in [-0.05, 0) is 5.56 Å². The Labute approximate surface area is 86.6 Å². The Morgan fingerprint density at radius 1 is 1.20 bits per heavy atom. The molecule has 0 aliphatic heterocycles. The number of benzene rings is 1. The maximum atomic E-state index is 12.3. The van der Waals surface area contributed by atoms with Crippen LogP contribution in [0.1, 0.15) is 11.0 Å². The summed E-state index contributed by atoms with van der Waals surface area (Å²) < 4.78 is 51.5. The van der Waals surface area contributed by atoms with Crippen molar-refractivity contribution in [2.75, 3.05) is 7.11 Å². The molecule has 15 heavy (non-hydrogen) atoms. The monoisotopic (exact) mass is 236 g/mol. The Balaban J connectivity index is 3.11. The first kappa shape index (κ1) is 12.1. The highest BCUT2D eigenvalue weighted by molar-refractivity contribution is 7.91. The van der Waals surface area contributed by atoms with E-state index >= 15 is 0 Å². The molecular formula is C9H10F2O3S. The van der Waals surface area contributed by atoms with Gasteiger partial charge in [-0.15, -0.1) is 0 Å². The average Bonchev–Trinajstić information content (AvgIpc) is 2.19. The van der Waals surface area contributed by atoms with E-state index in [1.807, 2.05) is 0 Å². The number of ether oxygens (including phenoxy) is 1. The quantitative estimate of drug-likeness (QED) is 0.802. The van der Waals surface area contributed by atoms with Gasteiger partial charge in [-0.2, -0.15) is 8.78 Å². The molecule has 0 bridgehead atoms. The number of hydrogen-bond acceptors (Lipinski definition) is 3. The number of alkyl halides is 2. The van der Waals surface area contributed by atoms with Gasteiger partial charge in [0.25, 0.3) is 0 Å². The van der Waals surface area contributed by atoms with Crippen LogP contribution in [-0.4, -0.2) is 21.3 Å². The molecule has 0 N–H and O–H groups in total. The molecule has 0 saturated carbocycles. The largest absolute Gasteiger partial charge is 0.361 e. The fourth-order valence-electron chi connectivity index (χ4n) is 1.16. The standard InChI is InChI=1S/C9H10F2O3S/c1-14-8(15(12,13)9(10)11)7-5-3-2-4-6-7/h2-6,8-9H,1H3. The van der Waals surface area contributed by atoms with E-state index in [2.05, 4.69) is 4.74 Å². The summed E-state index contributed by atoms with van der Waals surface area (Å²) in [5, 5.41) is 0. The summed E-state index contributed by atoms with van der Waals surface area (Å²) >= 11 is 0. The molecule has 0 aromatic heterocycles. The summed E-state index contributed by atoms with van der Waals surface area (Å²) in [5.41, 5.74) is -1.42. The average molecular weight is 236 g/mol. The molecule has 84 valence electrons. The van der Waals surface area contributed by atoms with E-state index in [0.717, 1.165) is 7.11 Å². The van der Waals surface area contributed by atoms with Gasteiger partial charge >= 0.3 is 5.76 Å². The van der Waals surface area contributed by atoms with Gasteiger partial charge in [0, 0.05) is 7.11 Å². The van der Waals surface area contributed by atoms with Crippen LogP contribution in [0.15, 0.2) is 30.3 Å². The van der Waals surface area contributed by atoms with Crippen molar-refractivity contribution < 1.29 is 21.9 Å². The first-order chi connectivity index (χ1) is 7.00. The molecule has 1 rings (SSSR count). The Morgan fingerprint density at radius 2 is 1.73 bits per heavy atom. The van der Waals surface area contributed by atoms with Crippen LogP contribution in [0.3, 0.4) is 0 Å². The number of halogens is 2. The van der Waals surface area contributed by atoms with Gasteiger partial charge in [0.05, 0.1) is 0 Å². The molecule has 1 atom stereocenters. The van der Waals surface area contributed by atoms with Crippen molar-refractivity contribution in [2.45, 2.75) is 11.2 Å². The number of rotatable bonds is 4. The van der Waals surface area contributed by atoms with E-state index in [4.69, 9.17) is 0 Å². The maximum Gasteiger partial charge on any atom is 0.339 e. The van der Waals surface area contributed by atoms with E-state index in [0.29, 0.717) is 0 Å². The van der Waals surface area contributed by atoms with Crippen molar-refractivity contribution in [3.05, 3.63) is 35.9 Å². The van der Waals surface area contributed by atoms with E-state index in [-0.39, 0.29) is 5.56 Å². The van der Waals surface area contributed by atoms with Crippen LogP contribution >= 0.6 is 0 Å². The summed E-state index contributed by atoms with van der Waals surface area (Å²) in [4.78, 5) is 0. The van der Waals surface area contributed by atoms with Crippen molar-refractivity contribution in [1.82, 2.24) is 0 Å². The maximum absolute atomic E-state index is 12.3. The van der Waals surface area contributed by atoms with Crippen molar-refractivity contribution >= 4 is 9.84 Å². The summed E-state index contributed by atoms with van der Waals surface area (Å²) in [6, 6.07) is 7.62. The lowest BCUT2D eigenvalue weighted by Crippen LogP contribution is -2.21. The van der Waals surface area contributed by atoms with Crippen LogP contribution in [0.4, 0.5) is 8.78 Å². The molecule has 1 unspecified atom stereocenters. The van der Waals surface area contributed by atoms with Gasteiger partial charge in [-0.25, -0.2) is 8.42 Å². The lowest BCUT2D eigenvalue weighted by atomic mass is 10.2. The highest BCUT2D eigenvalue weighted by Gasteiger charge is 2.35. The zero-order chi connectivity index (χ0) is 11.5. The normalized spacial score (nSPS) is 14.1. The molecule has 0 radical (unpaired) electrons. The fraction of sp³-hybridized carbons (Fsp3) is 0.333. The zero-order valence-electron chi connectivity index (χ0n) is 7.93. The van der Waals surface area contributed by atoms with Gasteiger partial charge < -0.3 is 4.74 Å². The Bertz CT molecular complexity index is 403. The number of sulfone groups is 1. The van der Waals surface area contributed by atoms with Gasteiger partial charge in [0.15, 0.2) is 5.44 Å². The molecule has 0 fully saturated rings. The van der Waals surface area contributed by atoms with E-state index < -0.39 is 21.0 Å². The molecule has 3 nitrogen and oxygen atoms in total. The van der Waals surface area contributed by atoms with Crippen LogP contribution in [0, 0.1) is 0 Å². The summed E-state index contributed by atoms with van der Waals surface area (Å²) in [6.07, 6.45) is 0. The highest BCUT2D eigenvalue weighted by Crippen LogP contribution is 2.27. The second-order valence-electron chi connectivity index (χ2n) is 2.83. The molecule has 0 aliphatic carbocycles. The summed E-state index contributed by atoms with van der Waals surface area (Å²) in [7, 11) is -3.52. The van der Waals surface area contributed by atoms with Crippen LogP contribution in [0.2, 0.25) is 0 Å². The zero-order valence-corrected chi connectivity index (χ0v) is 8.75. The molecular weight excluding hydrogens is 226 g/mol. The first-order valence-electron chi connectivity index (χ1n) is 4.08. The Morgan fingerprint density at radius 3 is 2.13 bits per heavy atom. The molecule has 6 heteroatoms. The minimum atomic E-state index is -4.60. The van der Waals surface area contributed by atoms with E-state index in [9.17, 15) is 17.2 Å². The second kappa shape index (κ2) is 4.67. The van der Waals surface area contributed by atoms with Gasteiger partial charge in [0.1, 0.15) is 0 Å². The summed E-state index contributed by atoms with van der Waals surface area (Å²) in [5.74, 6) is -3.44. The van der Waals surface area contributed by atoms with Gasteiger partial charge in [-0.1, -0.05) is 30.3 Å². The molecule has 1 aromatic carbocycles. The second-order valence-corrected chi connectivity index (χ2v) is 4.79. The summed E-state index contributed by atoms with van der Waals surface area (Å²) in [6.45, 7) is 0. The number of methoxy groups -OCH3 is 1. The van der Waals surface area contributed by atoms with E-state index in [1.54, 1.807) is 18.2 Å². The van der Waals surface area contributed by atoms with Crippen molar-refractivity contribution in [2.24, 2.45) is 0 Å². The Kier molecular flexibility index (Phi) is 3.76. The minimum absolute atomic E-state index is 0.195. The van der Waals surface area contributed by atoms with Crippen LogP contribution < -0.4 is 0 Å². The predicted octanol–water partition coefficient (Wildman–Crippen LogP) is 1.97. The first-order valence-corrected chi connectivity index (χ1v) is 5.69. The van der Waals surface area contributed by atoms with Crippen molar-refractivity contribution in [3.8, 4) is 0 Å². The third-order valence-corrected chi connectivity index (χ3v) is 3.39. The smallest absolute Gasteiger partial charge is 0.339 e. The van der Waals surface area contributed by atoms with Crippen LogP contribution in [0.5, 0.6) is 0 Å². The lowest BCUT2D eigenvalue weighted by Gasteiger charge is -2.15. The molecule has 1 aromatic rings. The van der Waals surface area contributed by atoms with Crippen molar-refractivity contribution in [1.29, 1.82) is 0 Å². The molecule has 0 spiro atoms. The molecule has 0 heterocycles. The van der Waals surface area contributed by atoms with Crippen molar-refractivity contribution in [3.63, 3.8) is 0 Å². The van der Waals surface area contributed by atoms with E-state index in [1.165, 1.54) is 12.1 Å². The third-order valence-electron chi connectivity index (χ3n) is 1.83. The molecule has 0 aliphatic rings. The molecule has 0 amide bonds. The topological polar surface area (TPSA) is 43.4 Å². The highest BCUT2D eigenvalue weighted by atomic mass is 32.2. The lowest BCUT2D eigenvalue weighted by molar-refractivity contribution is 0.150. The SMILES string of the molecule is COC(c1ccccc1)S(=O)(=O)C(F)F. The van der Waals surface area contributed by atoms with Gasteiger partial charge in [0.2, 0.25) is 9.84 Å². The van der Waals surface area contributed by atoms with Crippen LogP contribution in [-0.2, 0) is 14.6 Å². The molecule has 0 saturated heterocycles. The van der Waals surface area contributed by atoms with Crippen LogP contribution in [0.25, 0.3) is 0 Å².